The standard InChI is InChI=1S/C16H24N2/c1-18(2)16(10-5-11-16)12-17-15-9-8-13-6-3-4-7-14(13)15/h3-4,6-7,15,17H,5,8-12H2,1-2H3. The third-order valence-electron chi connectivity index (χ3n) is 5.04. The first-order chi connectivity index (χ1) is 8.71. The molecule has 1 aromatic carbocycles. The molecule has 98 valence electrons. The van der Waals surface area contributed by atoms with Gasteiger partial charge in [-0.15, -0.1) is 0 Å². The number of aryl methyl sites for hydroxylation is 1. The Hall–Kier alpha value is -0.860. The Morgan fingerprint density at radius 3 is 2.72 bits per heavy atom. The quantitative estimate of drug-likeness (QED) is 0.876. The molecule has 1 unspecified atom stereocenters. The van der Waals surface area contributed by atoms with Gasteiger partial charge in [-0.25, -0.2) is 0 Å². The van der Waals surface area contributed by atoms with Crippen molar-refractivity contribution in [2.75, 3.05) is 20.6 Å². The van der Waals surface area contributed by atoms with Crippen LogP contribution in [0.1, 0.15) is 42.9 Å². The molecule has 2 aliphatic rings. The highest BCUT2D eigenvalue weighted by atomic mass is 15.2. The zero-order valence-corrected chi connectivity index (χ0v) is 11.6. The fourth-order valence-electron chi connectivity index (χ4n) is 3.45. The van der Waals surface area contributed by atoms with Crippen molar-refractivity contribution in [2.24, 2.45) is 0 Å². The van der Waals surface area contributed by atoms with Gasteiger partial charge in [0.1, 0.15) is 0 Å². The summed E-state index contributed by atoms with van der Waals surface area (Å²) < 4.78 is 0. The summed E-state index contributed by atoms with van der Waals surface area (Å²) in [6.07, 6.45) is 6.59. The molecule has 3 rings (SSSR count). The van der Waals surface area contributed by atoms with Gasteiger partial charge in [0.2, 0.25) is 0 Å². The molecule has 0 bridgehead atoms. The van der Waals surface area contributed by atoms with Crippen LogP contribution < -0.4 is 5.32 Å². The lowest BCUT2D eigenvalue weighted by Gasteiger charge is -2.48. The van der Waals surface area contributed by atoms with Crippen LogP contribution in [0.25, 0.3) is 0 Å². The van der Waals surface area contributed by atoms with E-state index in [1.165, 1.54) is 37.7 Å². The molecule has 1 atom stereocenters. The van der Waals surface area contributed by atoms with Crippen molar-refractivity contribution < 1.29 is 0 Å². The summed E-state index contributed by atoms with van der Waals surface area (Å²) in [7, 11) is 4.45. The molecule has 1 N–H and O–H groups in total. The second-order valence-electron chi connectivity index (χ2n) is 6.14. The molecule has 0 saturated heterocycles. The Kier molecular flexibility index (Phi) is 3.16. The molecule has 2 heteroatoms. The predicted octanol–water partition coefficient (Wildman–Crippen LogP) is 2.75. The average Bonchev–Trinajstić information content (AvgIpc) is 2.71. The summed E-state index contributed by atoms with van der Waals surface area (Å²) in [5.74, 6) is 0. The number of nitrogens with one attached hydrogen (secondary N) is 1. The molecule has 0 radical (unpaired) electrons. The molecule has 18 heavy (non-hydrogen) atoms. The normalized spacial score (nSPS) is 24.9. The Morgan fingerprint density at radius 1 is 1.28 bits per heavy atom. The van der Waals surface area contributed by atoms with E-state index in [9.17, 15) is 0 Å². The predicted molar refractivity (Wildman–Crippen MR) is 75.8 cm³/mol. The smallest absolute Gasteiger partial charge is 0.0328 e. The van der Waals surface area contributed by atoms with Gasteiger partial charge in [-0.2, -0.15) is 0 Å². The summed E-state index contributed by atoms with van der Waals surface area (Å²) in [4.78, 5) is 2.42. The minimum absolute atomic E-state index is 0.428. The van der Waals surface area contributed by atoms with Crippen LogP contribution in [-0.4, -0.2) is 31.1 Å². The number of rotatable bonds is 4. The van der Waals surface area contributed by atoms with Gasteiger partial charge >= 0.3 is 0 Å². The molecule has 2 nitrogen and oxygen atoms in total. The number of hydrogen-bond donors (Lipinski definition) is 1. The second-order valence-corrected chi connectivity index (χ2v) is 6.14. The van der Waals surface area contributed by atoms with Crippen molar-refractivity contribution in [3.8, 4) is 0 Å². The van der Waals surface area contributed by atoms with Crippen LogP contribution in [0.5, 0.6) is 0 Å². The van der Waals surface area contributed by atoms with E-state index in [1.807, 2.05) is 0 Å². The van der Waals surface area contributed by atoms with Gasteiger partial charge in [-0.1, -0.05) is 24.3 Å². The minimum Gasteiger partial charge on any atom is -0.308 e. The first kappa shape index (κ1) is 12.2. The van der Waals surface area contributed by atoms with Crippen LogP contribution in [0.3, 0.4) is 0 Å². The maximum absolute atomic E-state index is 3.82. The van der Waals surface area contributed by atoms with Crippen molar-refractivity contribution in [3.05, 3.63) is 35.4 Å². The molecule has 2 aliphatic carbocycles. The van der Waals surface area contributed by atoms with E-state index in [1.54, 1.807) is 5.56 Å². The Morgan fingerprint density at radius 2 is 2.06 bits per heavy atom. The monoisotopic (exact) mass is 244 g/mol. The zero-order chi connectivity index (χ0) is 12.6. The molecular weight excluding hydrogens is 220 g/mol. The summed E-state index contributed by atoms with van der Waals surface area (Å²) in [6, 6.07) is 9.49. The lowest BCUT2D eigenvalue weighted by atomic mass is 9.75. The molecule has 1 aromatic rings. The van der Waals surface area contributed by atoms with E-state index in [4.69, 9.17) is 0 Å². The van der Waals surface area contributed by atoms with E-state index in [0.717, 1.165) is 6.54 Å². The van der Waals surface area contributed by atoms with Crippen molar-refractivity contribution in [2.45, 2.75) is 43.7 Å². The van der Waals surface area contributed by atoms with Gasteiger partial charge in [0.15, 0.2) is 0 Å². The van der Waals surface area contributed by atoms with Crippen LogP contribution in [0, 0.1) is 0 Å². The molecular formula is C16H24N2. The highest BCUT2D eigenvalue weighted by Gasteiger charge is 2.39. The fourth-order valence-corrected chi connectivity index (χ4v) is 3.45. The summed E-state index contributed by atoms with van der Waals surface area (Å²) in [6.45, 7) is 1.14. The van der Waals surface area contributed by atoms with E-state index in [2.05, 4.69) is 48.6 Å². The Labute approximate surface area is 110 Å². The number of hydrogen-bond acceptors (Lipinski definition) is 2. The largest absolute Gasteiger partial charge is 0.308 e. The molecule has 0 heterocycles. The number of benzene rings is 1. The minimum atomic E-state index is 0.428. The van der Waals surface area contributed by atoms with Crippen LogP contribution in [0.2, 0.25) is 0 Å². The van der Waals surface area contributed by atoms with Crippen LogP contribution >= 0.6 is 0 Å². The lowest BCUT2D eigenvalue weighted by molar-refractivity contribution is 0.0571. The van der Waals surface area contributed by atoms with Crippen LogP contribution in [0.4, 0.5) is 0 Å². The molecule has 0 spiro atoms. The summed E-state index contributed by atoms with van der Waals surface area (Å²) in [5, 5.41) is 3.82. The molecule has 1 saturated carbocycles. The lowest BCUT2D eigenvalue weighted by Crippen LogP contribution is -2.56. The third kappa shape index (κ3) is 1.98. The number of likely N-dealkylation sites (N-methyl/N-ethyl adjacent to an activating group) is 1. The van der Waals surface area contributed by atoms with Crippen molar-refractivity contribution in [1.29, 1.82) is 0 Å². The van der Waals surface area contributed by atoms with Crippen molar-refractivity contribution in [1.82, 2.24) is 10.2 Å². The van der Waals surface area contributed by atoms with E-state index >= 15 is 0 Å². The average molecular weight is 244 g/mol. The molecule has 1 fully saturated rings. The topological polar surface area (TPSA) is 15.3 Å². The van der Waals surface area contributed by atoms with Crippen molar-refractivity contribution in [3.63, 3.8) is 0 Å². The van der Waals surface area contributed by atoms with E-state index in [0.29, 0.717) is 11.6 Å². The molecule has 0 aromatic heterocycles. The maximum atomic E-state index is 3.82. The second kappa shape index (κ2) is 4.67. The first-order valence-corrected chi connectivity index (χ1v) is 7.20. The van der Waals surface area contributed by atoms with Gasteiger partial charge in [-0.3, -0.25) is 0 Å². The zero-order valence-electron chi connectivity index (χ0n) is 11.6. The van der Waals surface area contributed by atoms with Gasteiger partial charge in [0.05, 0.1) is 0 Å². The molecule has 0 aliphatic heterocycles. The Balaban J connectivity index is 1.65. The maximum Gasteiger partial charge on any atom is 0.0328 e. The van der Waals surface area contributed by atoms with Crippen LogP contribution in [0.15, 0.2) is 24.3 Å². The summed E-state index contributed by atoms with van der Waals surface area (Å²) >= 11 is 0. The number of fused-ring (bicyclic) bond motifs is 1. The van der Waals surface area contributed by atoms with Crippen molar-refractivity contribution >= 4 is 0 Å². The van der Waals surface area contributed by atoms with E-state index < -0.39 is 0 Å². The highest BCUT2D eigenvalue weighted by Crippen LogP contribution is 2.37. The summed E-state index contributed by atoms with van der Waals surface area (Å²) in [5.41, 5.74) is 3.51. The van der Waals surface area contributed by atoms with Gasteiger partial charge in [-0.05, 0) is 57.3 Å². The third-order valence-corrected chi connectivity index (χ3v) is 5.04. The van der Waals surface area contributed by atoms with Crippen LogP contribution in [-0.2, 0) is 6.42 Å². The fraction of sp³-hybridized carbons (Fsp3) is 0.625. The van der Waals surface area contributed by atoms with Gasteiger partial charge in [0.25, 0.3) is 0 Å². The Bertz CT molecular complexity index is 421. The highest BCUT2D eigenvalue weighted by molar-refractivity contribution is 5.34. The van der Waals surface area contributed by atoms with E-state index in [-0.39, 0.29) is 0 Å². The SMILES string of the molecule is CN(C)C1(CNC2CCc3ccccc32)CCC1. The first-order valence-electron chi connectivity index (χ1n) is 7.20. The van der Waals surface area contributed by atoms with Gasteiger partial charge < -0.3 is 10.2 Å². The number of nitrogens with zero attached hydrogens (tertiary/aromatic N) is 1. The molecule has 0 amide bonds. The van der Waals surface area contributed by atoms with Gasteiger partial charge in [0, 0.05) is 18.1 Å².